The van der Waals surface area contributed by atoms with E-state index in [0.29, 0.717) is 0 Å². The Hall–Kier alpha value is -0.850. The summed E-state index contributed by atoms with van der Waals surface area (Å²) in [6, 6.07) is 4.42. The largest absolute Gasteiger partial charge is 0.313 e. The van der Waals surface area contributed by atoms with E-state index in [1.54, 1.807) is 11.3 Å². The Bertz CT molecular complexity index is 296. The molecule has 1 aromatic heterocycles. The number of hydrogen-bond donors (Lipinski definition) is 1. The van der Waals surface area contributed by atoms with Gasteiger partial charge in [0.25, 0.3) is 0 Å². The highest BCUT2D eigenvalue weighted by molar-refractivity contribution is 7.07. The highest BCUT2D eigenvalue weighted by atomic mass is 32.1. The SMILES string of the molecule is CC(C)(C#N)CCNCc1ccsc1. The first-order valence-corrected chi connectivity index (χ1v) is 5.71. The smallest absolute Gasteiger partial charge is 0.0684 e. The van der Waals surface area contributed by atoms with E-state index in [1.165, 1.54) is 5.56 Å². The molecule has 0 fully saturated rings. The van der Waals surface area contributed by atoms with Crippen LogP contribution in [0.1, 0.15) is 25.8 Å². The van der Waals surface area contributed by atoms with E-state index >= 15 is 0 Å². The van der Waals surface area contributed by atoms with E-state index in [-0.39, 0.29) is 5.41 Å². The summed E-state index contributed by atoms with van der Waals surface area (Å²) >= 11 is 1.72. The zero-order valence-electron chi connectivity index (χ0n) is 8.71. The van der Waals surface area contributed by atoms with Crippen LogP contribution in [-0.2, 0) is 6.54 Å². The number of nitriles is 1. The first-order valence-electron chi connectivity index (χ1n) is 4.77. The summed E-state index contributed by atoms with van der Waals surface area (Å²) in [7, 11) is 0. The molecule has 76 valence electrons. The Kier molecular flexibility index (Phi) is 4.12. The van der Waals surface area contributed by atoms with Gasteiger partial charge in [-0.3, -0.25) is 0 Å². The minimum atomic E-state index is -0.207. The minimum absolute atomic E-state index is 0.207. The molecule has 1 rings (SSSR count). The van der Waals surface area contributed by atoms with Crippen LogP contribution >= 0.6 is 11.3 Å². The maximum Gasteiger partial charge on any atom is 0.0684 e. The highest BCUT2D eigenvalue weighted by Crippen LogP contribution is 2.17. The molecule has 0 bridgehead atoms. The normalized spacial score (nSPS) is 11.2. The predicted molar refractivity (Wildman–Crippen MR) is 60.0 cm³/mol. The third-order valence-electron chi connectivity index (χ3n) is 2.14. The van der Waals surface area contributed by atoms with Gasteiger partial charge in [0, 0.05) is 6.54 Å². The van der Waals surface area contributed by atoms with Crippen molar-refractivity contribution in [3.63, 3.8) is 0 Å². The third kappa shape index (κ3) is 3.91. The number of thiophene rings is 1. The Morgan fingerprint density at radius 3 is 2.93 bits per heavy atom. The van der Waals surface area contributed by atoms with Crippen LogP contribution in [-0.4, -0.2) is 6.54 Å². The zero-order valence-corrected chi connectivity index (χ0v) is 9.53. The first-order chi connectivity index (χ1) is 6.64. The lowest BCUT2D eigenvalue weighted by atomic mass is 9.91. The number of nitrogens with one attached hydrogen (secondary N) is 1. The monoisotopic (exact) mass is 208 g/mol. The molecule has 0 amide bonds. The standard InChI is InChI=1S/C11H16N2S/c1-11(2,9-12)4-5-13-7-10-3-6-14-8-10/h3,6,8,13H,4-5,7H2,1-2H3. The van der Waals surface area contributed by atoms with E-state index in [1.807, 2.05) is 13.8 Å². The summed E-state index contributed by atoms with van der Waals surface area (Å²) in [4.78, 5) is 0. The van der Waals surface area contributed by atoms with Crippen LogP contribution in [0.3, 0.4) is 0 Å². The molecular formula is C11H16N2S. The van der Waals surface area contributed by atoms with Crippen molar-refractivity contribution in [2.75, 3.05) is 6.54 Å². The van der Waals surface area contributed by atoms with Crippen molar-refractivity contribution >= 4 is 11.3 Å². The Balaban J connectivity index is 2.15. The maximum absolute atomic E-state index is 8.80. The number of rotatable bonds is 5. The quantitative estimate of drug-likeness (QED) is 0.755. The van der Waals surface area contributed by atoms with Crippen LogP contribution < -0.4 is 5.32 Å². The average molecular weight is 208 g/mol. The van der Waals surface area contributed by atoms with Gasteiger partial charge in [0.15, 0.2) is 0 Å². The molecule has 0 aromatic carbocycles. The summed E-state index contributed by atoms with van der Waals surface area (Å²) in [5, 5.41) is 16.4. The van der Waals surface area contributed by atoms with Crippen molar-refractivity contribution in [2.24, 2.45) is 5.41 Å². The van der Waals surface area contributed by atoms with Gasteiger partial charge in [0.05, 0.1) is 11.5 Å². The summed E-state index contributed by atoms with van der Waals surface area (Å²) in [5.41, 5.74) is 1.12. The predicted octanol–water partition coefficient (Wildman–Crippen LogP) is 2.78. The topological polar surface area (TPSA) is 35.8 Å². The van der Waals surface area contributed by atoms with Gasteiger partial charge < -0.3 is 5.32 Å². The van der Waals surface area contributed by atoms with Gasteiger partial charge in [0.2, 0.25) is 0 Å². The zero-order chi connectivity index (χ0) is 10.4. The van der Waals surface area contributed by atoms with Crippen LogP contribution in [0.4, 0.5) is 0 Å². The second kappa shape index (κ2) is 5.14. The summed E-state index contributed by atoms with van der Waals surface area (Å²) in [6.07, 6.45) is 0.896. The lowest BCUT2D eigenvalue weighted by Crippen LogP contribution is -2.20. The molecule has 3 heteroatoms. The fourth-order valence-electron chi connectivity index (χ4n) is 1.08. The van der Waals surface area contributed by atoms with Gasteiger partial charge in [-0.05, 0) is 49.2 Å². The molecule has 14 heavy (non-hydrogen) atoms. The van der Waals surface area contributed by atoms with Crippen molar-refractivity contribution in [1.82, 2.24) is 5.32 Å². The molecule has 0 aliphatic rings. The van der Waals surface area contributed by atoms with Crippen LogP contribution in [0, 0.1) is 16.7 Å². The second-order valence-electron chi connectivity index (χ2n) is 4.05. The van der Waals surface area contributed by atoms with Crippen molar-refractivity contribution in [3.8, 4) is 6.07 Å². The lowest BCUT2D eigenvalue weighted by Gasteiger charge is -2.14. The molecule has 0 aliphatic heterocycles. The molecular weight excluding hydrogens is 192 g/mol. The third-order valence-corrected chi connectivity index (χ3v) is 2.87. The molecule has 1 N–H and O–H groups in total. The van der Waals surface area contributed by atoms with Crippen molar-refractivity contribution in [2.45, 2.75) is 26.8 Å². The van der Waals surface area contributed by atoms with E-state index < -0.39 is 0 Å². The fourth-order valence-corrected chi connectivity index (χ4v) is 1.75. The minimum Gasteiger partial charge on any atom is -0.313 e. The van der Waals surface area contributed by atoms with Gasteiger partial charge in [-0.15, -0.1) is 0 Å². The molecule has 1 heterocycles. The molecule has 2 nitrogen and oxygen atoms in total. The Morgan fingerprint density at radius 2 is 2.36 bits per heavy atom. The molecule has 0 atom stereocenters. The lowest BCUT2D eigenvalue weighted by molar-refractivity contribution is 0.432. The van der Waals surface area contributed by atoms with E-state index in [2.05, 4.69) is 28.2 Å². The van der Waals surface area contributed by atoms with Crippen LogP contribution in [0.2, 0.25) is 0 Å². The fraction of sp³-hybridized carbons (Fsp3) is 0.545. The highest BCUT2D eigenvalue weighted by Gasteiger charge is 2.15. The van der Waals surface area contributed by atoms with Crippen molar-refractivity contribution in [1.29, 1.82) is 5.26 Å². The Labute approximate surface area is 89.6 Å². The molecule has 1 aromatic rings. The molecule has 0 radical (unpaired) electrons. The van der Waals surface area contributed by atoms with Crippen LogP contribution in [0.25, 0.3) is 0 Å². The van der Waals surface area contributed by atoms with Gasteiger partial charge in [0.1, 0.15) is 0 Å². The summed E-state index contributed by atoms with van der Waals surface area (Å²) in [5.74, 6) is 0. The van der Waals surface area contributed by atoms with E-state index in [9.17, 15) is 0 Å². The van der Waals surface area contributed by atoms with Crippen molar-refractivity contribution < 1.29 is 0 Å². The maximum atomic E-state index is 8.80. The Morgan fingerprint density at radius 1 is 1.57 bits per heavy atom. The molecule has 0 saturated heterocycles. The van der Waals surface area contributed by atoms with Crippen LogP contribution in [0.5, 0.6) is 0 Å². The van der Waals surface area contributed by atoms with Gasteiger partial charge >= 0.3 is 0 Å². The van der Waals surface area contributed by atoms with E-state index in [4.69, 9.17) is 5.26 Å². The molecule has 0 aliphatic carbocycles. The van der Waals surface area contributed by atoms with Crippen LogP contribution in [0.15, 0.2) is 16.8 Å². The van der Waals surface area contributed by atoms with Gasteiger partial charge in [-0.25, -0.2) is 0 Å². The molecule has 0 unspecified atom stereocenters. The summed E-state index contributed by atoms with van der Waals surface area (Å²) in [6.45, 7) is 5.75. The van der Waals surface area contributed by atoms with E-state index in [0.717, 1.165) is 19.5 Å². The second-order valence-corrected chi connectivity index (χ2v) is 4.83. The van der Waals surface area contributed by atoms with Crippen molar-refractivity contribution in [3.05, 3.63) is 22.4 Å². The average Bonchev–Trinajstić information content (AvgIpc) is 2.65. The van der Waals surface area contributed by atoms with Gasteiger partial charge in [-0.1, -0.05) is 0 Å². The molecule has 0 spiro atoms. The molecule has 0 saturated carbocycles. The summed E-state index contributed by atoms with van der Waals surface area (Å²) < 4.78 is 0. The number of nitrogens with zero attached hydrogens (tertiary/aromatic N) is 1. The van der Waals surface area contributed by atoms with Gasteiger partial charge in [-0.2, -0.15) is 16.6 Å². The first kappa shape index (κ1) is 11.2. The number of hydrogen-bond acceptors (Lipinski definition) is 3.